The van der Waals surface area contributed by atoms with E-state index in [2.05, 4.69) is 24.2 Å². The summed E-state index contributed by atoms with van der Waals surface area (Å²) in [6.07, 6.45) is 3.73. The molecule has 0 saturated heterocycles. The highest BCUT2D eigenvalue weighted by Crippen LogP contribution is 2.33. The lowest BCUT2D eigenvalue weighted by Crippen LogP contribution is -1.85. The number of benzene rings is 1. The van der Waals surface area contributed by atoms with Gasteiger partial charge in [0, 0.05) is 11.3 Å². The Labute approximate surface area is 94.8 Å². The van der Waals surface area contributed by atoms with Crippen LogP contribution in [0.1, 0.15) is 26.2 Å². The van der Waals surface area contributed by atoms with Crippen LogP contribution in [0.4, 0.5) is 0 Å². The fraction of sp³-hybridized carbons (Fsp3) is 0.417. The second-order valence-corrected chi connectivity index (χ2v) is 4.03. The molecule has 2 nitrogen and oxygen atoms in total. The van der Waals surface area contributed by atoms with Gasteiger partial charge in [-0.15, -0.1) is 16.7 Å². The predicted molar refractivity (Wildman–Crippen MR) is 64.9 cm³/mol. The highest BCUT2D eigenvalue weighted by molar-refractivity contribution is 6.17. The van der Waals surface area contributed by atoms with E-state index in [-0.39, 0.29) is 0 Å². The van der Waals surface area contributed by atoms with Crippen molar-refractivity contribution in [2.75, 3.05) is 5.88 Å². The lowest BCUT2D eigenvalue weighted by atomic mass is 10.2. The second kappa shape index (κ2) is 4.67. The fourth-order valence-electron chi connectivity index (χ4n) is 1.55. The highest BCUT2D eigenvalue weighted by atomic mass is 35.5. The van der Waals surface area contributed by atoms with Crippen molar-refractivity contribution in [1.82, 2.24) is 9.78 Å². The Morgan fingerprint density at radius 1 is 1.27 bits per heavy atom. The summed E-state index contributed by atoms with van der Waals surface area (Å²) >= 11 is 5.38. The summed E-state index contributed by atoms with van der Waals surface area (Å²) in [6, 6.07) is 8.24. The first-order chi connectivity index (χ1) is 7.38. The molecule has 0 aliphatic carbocycles. The van der Waals surface area contributed by atoms with E-state index < -0.39 is 0 Å². The SMILES string of the molecule is CCCCCCl.c1ccc2c(c1)c1nn2-1. The van der Waals surface area contributed by atoms with Crippen LogP contribution in [0.25, 0.3) is 16.7 Å². The Hall–Kier alpha value is -1.02. The van der Waals surface area contributed by atoms with Crippen molar-refractivity contribution >= 4 is 22.5 Å². The molecule has 2 aliphatic heterocycles. The van der Waals surface area contributed by atoms with Crippen LogP contribution in [0.5, 0.6) is 0 Å². The van der Waals surface area contributed by atoms with Crippen molar-refractivity contribution in [3.63, 3.8) is 0 Å². The van der Waals surface area contributed by atoms with Crippen molar-refractivity contribution in [3.8, 4) is 5.82 Å². The molecule has 0 bridgehead atoms. The lowest BCUT2D eigenvalue weighted by molar-refractivity contribution is 0.776. The van der Waals surface area contributed by atoms with Gasteiger partial charge in [-0.1, -0.05) is 31.9 Å². The average Bonchev–Trinajstić information content (AvgIpc) is 2.99. The number of hydrogen-bond donors (Lipinski definition) is 0. The Bertz CT molecular complexity index is 408. The van der Waals surface area contributed by atoms with Crippen LogP contribution in [0.15, 0.2) is 24.3 Å². The minimum absolute atomic E-state index is 0.827. The molecule has 0 fully saturated rings. The summed E-state index contributed by atoms with van der Waals surface area (Å²) in [6.45, 7) is 2.17. The van der Waals surface area contributed by atoms with Crippen molar-refractivity contribution in [1.29, 1.82) is 0 Å². The molecule has 0 aromatic heterocycles. The second-order valence-electron chi connectivity index (χ2n) is 3.65. The first kappa shape index (κ1) is 10.5. The van der Waals surface area contributed by atoms with E-state index in [1.165, 1.54) is 30.2 Å². The molecule has 3 rings (SSSR count). The number of rotatable bonds is 3. The standard InChI is InChI=1S/C7H4N2.C5H11Cl/c1-2-4-6-5(3-1)7-8-9(6)7;1-2-3-4-5-6/h1-4H;2-5H2,1H3. The Morgan fingerprint density at radius 3 is 2.67 bits per heavy atom. The summed E-state index contributed by atoms with van der Waals surface area (Å²) < 4.78 is 1.95. The normalized spacial score (nSPS) is 11.1. The van der Waals surface area contributed by atoms with Gasteiger partial charge in [0.2, 0.25) is 0 Å². The Morgan fingerprint density at radius 2 is 2.07 bits per heavy atom. The molecule has 0 unspecified atom stereocenters. The predicted octanol–water partition coefficient (Wildman–Crippen LogP) is 3.75. The maximum atomic E-state index is 5.38. The summed E-state index contributed by atoms with van der Waals surface area (Å²) in [4.78, 5) is 0. The summed E-state index contributed by atoms with van der Waals surface area (Å²) in [5.41, 5.74) is 1.26. The number of fused-ring (bicyclic) bond motifs is 4. The van der Waals surface area contributed by atoms with Gasteiger partial charge in [-0.3, -0.25) is 0 Å². The molecule has 0 amide bonds. The Kier molecular flexibility index (Phi) is 3.27. The van der Waals surface area contributed by atoms with E-state index >= 15 is 0 Å². The zero-order valence-electron chi connectivity index (χ0n) is 8.91. The molecule has 1 aromatic rings. The third-order valence-corrected chi connectivity index (χ3v) is 2.73. The molecule has 0 atom stereocenters. The molecule has 0 N–H and O–H groups in total. The number of para-hydroxylation sites is 1. The maximum Gasteiger partial charge on any atom is 0.184 e. The van der Waals surface area contributed by atoms with E-state index in [1.54, 1.807) is 0 Å². The van der Waals surface area contributed by atoms with Gasteiger partial charge < -0.3 is 0 Å². The third kappa shape index (κ3) is 2.15. The molecule has 1 aromatic carbocycles. The molecule has 15 heavy (non-hydrogen) atoms. The molecule has 0 radical (unpaired) electrons. The summed E-state index contributed by atoms with van der Waals surface area (Å²) in [5, 5.41) is 5.39. The molecule has 0 spiro atoms. The molecular formula is C12H15ClN2. The topological polar surface area (TPSA) is 17.8 Å². The van der Waals surface area contributed by atoms with Gasteiger partial charge in [-0.05, 0) is 18.6 Å². The van der Waals surface area contributed by atoms with Crippen LogP contribution in [-0.4, -0.2) is 15.7 Å². The number of unbranched alkanes of at least 4 members (excludes halogenated alkanes) is 2. The first-order valence-corrected chi connectivity index (χ1v) is 5.96. The van der Waals surface area contributed by atoms with E-state index in [9.17, 15) is 0 Å². The van der Waals surface area contributed by atoms with E-state index in [1.807, 2.05) is 16.8 Å². The van der Waals surface area contributed by atoms with Gasteiger partial charge in [-0.25, -0.2) is 4.68 Å². The van der Waals surface area contributed by atoms with Crippen molar-refractivity contribution in [2.24, 2.45) is 0 Å². The molecular weight excluding hydrogens is 208 g/mol. The largest absolute Gasteiger partial charge is 0.210 e. The van der Waals surface area contributed by atoms with E-state index in [4.69, 9.17) is 11.6 Å². The summed E-state index contributed by atoms with van der Waals surface area (Å²) in [5.74, 6) is 1.99. The van der Waals surface area contributed by atoms with Gasteiger partial charge >= 0.3 is 0 Å². The molecule has 2 heterocycles. The van der Waals surface area contributed by atoms with E-state index in [0.29, 0.717) is 0 Å². The van der Waals surface area contributed by atoms with Crippen LogP contribution in [0, 0.1) is 0 Å². The van der Waals surface area contributed by atoms with Gasteiger partial charge in [0.15, 0.2) is 5.82 Å². The van der Waals surface area contributed by atoms with Gasteiger partial charge in [0.05, 0.1) is 5.52 Å². The smallest absolute Gasteiger partial charge is 0.184 e. The molecule has 3 heteroatoms. The van der Waals surface area contributed by atoms with Crippen molar-refractivity contribution in [3.05, 3.63) is 24.3 Å². The number of nitrogens with zero attached hydrogens (tertiary/aromatic N) is 2. The number of hydrogen-bond acceptors (Lipinski definition) is 1. The van der Waals surface area contributed by atoms with Gasteiger partial charge in [0.25, 0.3) is 0 Å². The van der Waals surface area contributed by atoms with Crippen LogP contribution >= 0.6 is 11.6 Å². The third-order valence-electron chi connectivity index (χ3n) is 2.47. The van der Waals surface area contributed by atoms with Crippen LogP contribution < -0.4 is 0 Å². The monoisotopic (exact) mass is 222 g/mol. The van der Waals surface area contributed by atoms with Gasteiger partial charge in [-0.2, -0.15) is 0 Å². The fourth-order valence-corrected chi connectivity index (χ4v) is 1.74. The van der Waals surface area contributed by atoms with E-state index in [0.717, 1.165) is 11.7 Å². The lowest BCUT2D eigenvalue weighted by Gasteiger charge is -1.97. The minimum atomic E-state index is 0.827. The maximum absolute atomic E-state index is 5.38. The molecule has 2 aliphatic rings. The zero-order valence-corrected chi connectivity index (χ0v) is 9.67. The quantitative estimate of drug-likeness (QED) is 0.488. The number of halogens is 1. The molecule has 80 valence electrons. The van der Waals surface area contributed by atoms with Crippen LogP contribution in [0.2, 0.25) is 0 Å². The molecule has 0 saturated carbocycles. The first-order valence-electron chi connectivity index (χ1n) is 5.42. The minimum Gasteiger partial charge on any atom is -0.210 e. The number of aromatic nitrogens is 2. The number of alkyl halides is 1. The highest BCUT2D eigenvalue weighted by Gasteiger charge is 2.24. The summed E-state index contributed by atoms with van der Waals surface area (Å²) in [7, 11) is 0. The zero-order chi connectivity index (χ0) is 10.7. The average molecular weight is 223 g/mol. The van der Waals surface area contributed by atoms with Crippen LogP contribution in [0.3, 0.4) is 0 Å². The Balaban J connectivity index is 0.000000127. The van der Waals surface area contributed by atoms with Crippen molar-refractivity contribution in [2.45, 2.75) is 26.2 Å². The van der Waals surface area contributed by atoms with Crippen molar-refractivity contribution < 1.29 is 0 Å². The van der Waals surface area contributed by atoms with Gasteiger partial charge in [0.1, 0.15) is 0 Å². The van der Waals surface area contributed by atoms with Crippen LogP contribution in [-0.2, 0) is 0 Å².